The van der Waals surface area contributed by atoms with E-state index in [1.807, 2.05) is 13.8 Å². The Balaban J connectivity index is 0.00000150. The minimum absolute atomic E-state index is 0.0952. The summed E-state index contributed by atoms with van der Waals surface area (Å²) in [5.41, 5.74) is 6.50. The van der Waals surface area contributed by atoms with Gasteiger partial charge >= 0.3 is 14.2 Å². The number of hydrogen-bond acceptors (Lipinski definition) is 9. The molecular weight excluding hydrogens is 379 g/mol. The van der Waals surface area contributed by atoms with Gasteiger partial charge in [-0.25, -0.2) is 10.1 Å². The van der Waals surface area contributed by atoms with E-state index < -0.39 is 45.2 Å². The van der Waals surface area contributed by atoms with Crippen LogP contribution in [0.5, 0.6) is 0 Å². The average molecular weight is 411 g/mol. The smallest absolute Gasteiger partial charge is 0.521 e. The molecular formula is C16H29N2O8P. The first kappa shape index (κ1) is 20.3. The summed E-state index contributed by atoms with van der Waals surface area (Å²) in [6, 6.07) is -1.39. The lowest BCUT2D eigenvalue weighted by Gasteiger charge is -2.36. The van der Waals surface area contributed by atoms with Gasteiger partial charge in [0.2, 0.25) is 5.91 Å². The van der Waals surface area contributed by atoms with Gasteiger partial charge in [0.25, 0.3) is 0 Å². The zero-order valence-electron chi connectivity index (χ0n) is 18.5. The Hall–Kier alpha value is -1.42. The molecule has 1 aliphatic carbocycles. The maximum atomic E-state index is 12.0. The maximum absolute atomic E-state index is 12.0. The number of esters is 1. The van der Waals surface area contributed by atoms with Gasteiger partial charge in [-0.05, 0) is 36.8 Å². The Morgan fingerprint density at radius 1 is 1.48 bits per heavy atom. The molecule has 156 valence electrons. The molecule has 4 N–H and O–H groups in total. The number of carbonyl (C=O) groups excluding carboxylic acids is 2. The van der Waals surface area contributed by atoms with Crippen LogP contribution in [0.4, 0.5) is 0 Å². The molecule has 0 saturated carbocycles. The molecule has 1 rings (SSSR count). The first-order chi connectivity index (χ1) is 13.9. The van der Waals surface area contributed by atoms with E-state index in [0.29, 0.717) is 5.57 Å². The van der Waals surface area contributed by atoms with Crippen molar-refractivity contribution in [2.75, 3.05) is 6.61 Å². The first-order valence-corrected chi connectivity index (χ1v) is 9.56. The van der Waals surface area contributed by atoms with E-state index in [1.165, 1.54) is 0 Å². The summed E-state index contributed by atoms with van der Waals surface area (Å²) < 4.78 is 44.3. The summed E-state index contributed by atoms with van der Waals surface area (Å²) in [5, 5.41) is 9.50. The lowest BCUT2D eigenvalue weighted by atomic mass is 9.88. The predicted molar refractivity (Wildman–Crippen MR) is 95.5 cm³/mol. The third kappa shape index (κ3) is 9.90. The monoisotopic (exact) mass is 411 g/mol. The van der Waals surface area contributed by atoms with Crippen LogP contribution in [0.25, 0.3) is 0 Å². The van der Waals surface area contributed by atoms with Crippen LogP contribution >= 0.6 is 8.25 Å². The highest BCUT2D eigenvalue weighted by Gasteiger charge is 2.35. The fourth-order valence-corrected chi connectivity index (χ4v) is 2.54. The Morgan fingerprint density at radius 3 is 2.52 bits per heavy atom. The number of hydrogen-bond donors (Lipinski definition) is 3. The van der Waals surface area contributed by atoms with E-state index in [9.17, 15) is 9.59 Å². The number of rotatable bonds is 8. The highest BCUT2D eigenvalue weighted by atomic mass is 31.1. The van der Waals surface area contributed by atoms with Gasteiger partial charge in [-0.2, -0.15) is 0 Å². The van der Waals surface area contributed by atoms with E-state index >= 15 is 0 Å². The molecule has 1 aliphatic rings. The molecule has 1 unspecified atom stereocenters. The van der Waals surface area contributed by atoms with Gasteiger partial charge in [-0.15, -0.1) is 0 Å². The number of ether oxygens (including phenoxy) is 2. The quantitative estimate of drug-likeness (QED) is 0.227. The molecule has 27 heavy (non-hydrogen) atoms. The van der Waals surface area contributed by atoms with Crippen LogP contribution in [0, 0.1) is 0 Å². The third-order valence-corrected chi connectivity index (χ3v) is 3.93. The van der Waals surface area contributed by atoms with E-state index in [1.54, 1.807) is 13.0 Å². The molecule has 0 bridgehead atoms. The van der Waals surface area contributed by atoms with Crippen LogP contribution < -0.4 is 15.9 Å². The largest absolute Gasteiger partial charge is 0.565 e. The van der Waals surface area contributed by atoms with Crippen molar-refractivity contribution in [1.82, 2.24) is 5.32 Å². The molecule has 0 aromatic carbocycles. The molecule has 0 saturated heterocycles. The zero-order chi connectivity index (χ0) is 23.5. The fraction of sp³-hybridized carbons (Fsp3) is 0.750. The second-order valence-corrected chi connectivity index (χ2v) is 6.23. The summed E-state index contributed by atoms with van der Waals surface area (Å²) in [6.07, 6.45) is 2.45. The number of amides is 1. The van der Waals surface area contributed by atoms with Crippen LogP contribution in [0.15, 0.2) is 11.6 Å². The Bertz CT molecular complexity index is 614. The first-order valence-electron chi connectivity index (χ1n) is 9.96. The predicted octanol–water partition coefficient (Wildman–Crippen LogP) is 0.779. The normalized spacial score (nSPS) is 24.4. The Labute approximate surface area is 164 Å². The van der Waals surface area contributed by atoms with Crippen molar-refractivity contribution >= 4 is 20.1 Å². The summed E-state index contributed by atoms with van der Waals surface area (Å²) in [4.78, 5) is 32.8. The topological polar surface area (TPSA) is 160 Å². The van der Waals surface area contributed by atoms with Crippen LogP contribution in [0.1, 0.15) is 51.0 Å². The van der Waals surface area contributed by atoms with Gasteiger partial charge in [0.05, 0.1) is 24.9 Å². The van der Waals surface area contributed by atoms with Gasteiger partial charge in [0, 0.05) is 27.3 Å². The molecule has 10 nitrogen and oxygen atoms in total. The second-order valence-electron chi connectivity index (χ2n) is 5.62. The van der Waals surface area contributed by atoms with Crippen LogP contribution in [0.3, 0.4) is 0 Å². The highest BCUT2D eigenvalue weighted by Crippen LogP contribution is 2.24. The van der Waals surface area contributed by atoms with Gasteiger partial charge in [0.1, 0.15) is 0 Å². The minimum atomic E-state index is -3.04. The Morgan fingerprint density at radius 2 is 2.07 bits per heavy atom. The van der Waals surface area contributed by atoms with Gasteiger partial charge in [-0.1, -0.05) is 13.8 Å². The van der Waals surface area contributed by atoms with Crippen molar-refractivity contribution in [3.8, 4) is 0 Å². The fourth-order valence-electron chi connectivity index (χ4n) is 2.54. The van der Waals surface area contributed by atoms with Crippen LogP contribution in [-0.2, 0) is 28.3 Å². The van der Waals surface area contributed by atoms with E-state index in [-0.39, 0.29) is 19.1 Å². The number of nitrogens with two attached hydrogens (primary N) is 1. The Kier molecular flexibility index (Phi) is 10.3. The summed E-state index contributed by atoms with van der Waals surface area (Å²) in [7, 11) is -3.04. The van der Waals surface area contributed by atoms with Crippen molar-refractivity contribution in [2.24, 2.45) is 5.73 Å². The van der Waals surface area contributed by atoms with Crippen molar-refractivity contribution in [2.45, 2.75) is 71.2 Å². The van der Waals surface area contributed by atoms with Crippen molar-refractivity contribution in [3.05, 3.63) is 11.6 Å². The summed E-state index contributed by atoms with van der Waals surface area (Å²) >= 11 is 0. The molecule has 11 heteroatoms. The SMILES string of the molecule is O=[P+]([O-])OO.[2H]C([2H])([2H])C(=O)N[C@@H]1[C@H](N)CC(C(=O)OCC)=C[C@@H]1OC(CC)CC. The van der Waals surface area contributed by atoms with Crippen molar-refractivity contribution in [1.29, 1.82) is 0 Å². The lowest BCUT2D eigenvalue weighted by molar-refractivity contribution is -0.244. The van der Waals surface area contributed by atoms with Gasteiger partial charge in [-0.3, -0.25) is 4.79 Å². The zero-order valence-corrected chi connectivity index (χ0v) is 16.4. The van der Waals surface area contributed by atoms with E-state index in [2.05, 4.69) is 9.99 Å². The summed E-state index contributed by atoms with van der Waals surface area (Å²) in [5.74, 6) is -1.56. The molecule has 0 aliphatic heterocycles. The average Bonchev–Trinajstić information content (AvgIpc) is 2.67. The van der Waals surface area contributed by atoms with Gasteiger partial charge < -0.3 is 25.4 Å². The molecule has 0 fully saturated rings. The number of carbonyl (C=O) groups is 2. The lowest BCUT2D eigenvalue weighted by Crippen LogP contribution is -2.57. The van der Waals surface area contributed by atoms with E-state index in [4.69, 9.17) is 34.0 Å². The van der Waals surface area contributed by atoms with Crippen molar-refractivity contribution < 1.29 is 42.6 Å². The molecule has 0 aromatic heterocycles. The number of nitrogens with one attached hydrogen (secondary N) is 1. The van der Waals surface area contributed by atoms with Crippen LogP contribution in [-0.4, -0.2) is 48.0 Å². The van der Waals surface area contributed by atoms with E-state index in [0.717, 1.165) is 12.8 Å². The molecule has 1 amide bonds. The molecule has 0 aromatic rings. The van der Waals surface area contributed by atoms with Crippen molar-refractivity contribution in [3.63, 3.8) is 0 Å². The van der Waals surface area contributed by atoms with Gasteiger partial charge in [0.15, 0.2) is 0 Å². The third-order valence-electron chi connectivity index (χ3n) is 3.80. The standard InChI is InChI=1S/C16H28N2O4.HO4P/c1-5-12(6-2)22-14-9-11(16(20)21-7-3)8-13(17)15(14)18-10(4)19;1-4-5(2)3/h9,12-15H,5-8,17H2,1-4H3,(H,18,19);1H/t13-,14+,15-;/m1./s1/i4D3;. The highest BCUT2D eigenvalue weighted by molar-refractivity contribution is 7.30. The molecule has 0 heterocycles. The van der Waals surface area contributed by atoms with Crippen LogP contribution in [0.2, 0.25) is 0 Å². The molecule has 4 atom stereocenters. The summed E-state index contributed by atoms with van der Waals surface area (Å²) in [6.45, 7) is 3.09. The molecule has 0 spiro atoms. The maximum Gasteiger partial charge on any atom is 0.521 e. The second kappa shape index (κ2) is 13.7. The molecule has 0 radical (unpaired) electrons. The minimum Gasteiger partial charge on any atom is -0.565 e.